The van der Waals surface area contributed by atoms with Crippen molar-refractivity contribution in [2.24, 2.45) is 5.16 Å². The van der Waals surface area contributed by atoms with E-state index in [1.165, 1.54) is 44.2 Å². The van der Waals surface area contributed by atoms with Crippen molar-refractivity contribution in [1.29, 1.82) is 0 Å². The van der Waals surface area contributed by atoms with Crippen LogP contribution in [0.1, 0.15) is 65.2 Å². The highest BCUT2D eigenvalue weighted by atomic mass is 16.6. The average molecular weight is 197 g/mol. The summed E-state index contributed by atoms with van der Waals surface area (Å²) in [5, 5.41) is 4.12. The van der Waals surface area contributed by atoms with E-state index in [9.17, 15) is 0 Å². The highest BCUT2D eigenvalue weighted by Crippen LogP contribution is 2.19. The highest BCUT2D eigenvalue weighted by Gasteiger charge is 2.19. The van der Waals surface area contributed by atoms with E-state index in [0.29, 0.717) is 6.10 Å². The number of hydrogen-bond donors (Lipinski definition) is 0. The van der Waals surface area contributed by atoms with Crippen molar-refractivity contribution in [2.45, 2.75) is 71.3 Å². The number of oxime groups is 1. The first-order valence-corrected chi connectivity index (χ1v) is 6.08. The van der Waals surface area contributed by atoms with Crippen molar-refractivity contribution in [3.63, 3.8) is 0 Å². The van der Waals surface area contributed by atoms with Gasteiger partial charge in [0.05, 0.1) is 5.71 Å². The molecule has 1 unspecified atom stereocenters. The van der Waals surface area contributed by atoms with Crippen LogP contribution in [0.2, 0.25) is 0 Å². The van der Waals surface area contributed by atoms with Gasteiger partial charge in [-0.25, -0.2) is 0 Å². The molecule has 0 radical (unpaired) electrons. The molecule has 1 aliphatic rings. The minimum atomic E-state index is 0.397. The predicted molar refractivity (Wildman–Crippen MR) is 60.6 cm³/mol. The normalized spacial score (nSPS) is 20.7. The lowest BCUT2D eigenvalue weighted by Crippen LogP contribution is -2.07. The summed E-state index contributed by atoms with van der Waals surface area (Å²) in [4.78, 5) is 5.39. The maximum absolute atomic E-state index is 5.39. The molecule has 0 fully saturated rings. The SMILES string of the molecule is CCCCCCC1CC(CCC)=NO1. The maximum Gasteiger partial charge on any atom is 0.132 e. The first kappa shape index (κ1) is 11.5. The molecule has 0 spiro atoms. The Balaban J connectivity index is 2.01. The minimum absolute atomic E-state index is 0.397. The fourth-order valence-corrected chi connectivity index (χ4v) is 1.88. The van der Waals surface area contributed by atoms with Gasteiger partial charge in [0, 0.05) is 6.42 Å². The van der Waals surface area contributed by atoms with Crippen molar-refractivity contribution in [3.05, 3.63) is 0 Å². The molecule has 0 amide bonds. The third-order valence-corrected chi connectivity index (χ3v) is 2.71. The Morgan fingerprint density at radius 3 is 2.79 bits per heavy atom. The number of rotatable bonds is 7. The van der Waals surface area contributed by atoms with Crippen LogP contribution in [0, 0.1) is 0 Å². The second kappa shape index (κ2) is 6.86. The van der Waals surface area contributed by atoms with Crippen molar-refractivity contribution in [2.75, 3.05) is 0 Å². The van der Waals surface area contributed by atoms with E-state index in [1.807, 2.05) is 0 Å². The largest absolute Gasteiger partial charge is 0.392 e. The highest BCUT2D eigenvalue weighted by molar-refractivity contribution is 5.85. The molecule has 2 nitrogen and oxygen atoms in total. The molecule has 0 aliphatic carbocycles. The summed E-state index contributed by atoms with van der Waals surface area (Å²) in [5.41, 5.74) is 1.27. The van der Waals surface area contributed by atoms with Crippen LogP contribution in [0.5, 0.6) is 0 Å². The fraction of sp³-hybridized carbons (Fsp3) is 0.917. The first-order chi connectivity index (χ1) is 6.86. The second-order valence-electron chi connectivity index (χ2n) is 4.19. The average Bonchev–Trinajstić information content (AvgIpc) is 2.61. The van der Waals surface area contributed by atoms with Crippen molar-refractivity contribution in [3.8, 4) is 0 Å². The van der Waals surface area contributed by atoms with Gasteiger partial charge in [-0.15, -0.1) is 0 Å². The smallest absolute Gasteiger partial charge is 0.132 e. The van der Waals surface area contributed by atoms with Crippen LogP contribution >= 0.6 is 0 Å². The van der Waals surface area contributed by atoms with Crippen LogP contribution in [-0.2, 0) is 4.84 Å². The van der Waals surface area contributed by atoms with Crippen LogP contribution in [0.15, 0.2) is 5.16 Å². The molecule has 0 aromatic heterocycles. The molecule has 1 rings (SSSR count). The Hall–Kier alpha value is -0.530. The topological polar surface area (TPSA) is 21.6 Å². The standard InChI is InChI=1S/C12H23NO/c1-3-5-6-7-9-12-10-11(8-4-2)13-14-12/h12H,3-10H2,1-2H3. The van der Waals surface area contributed by atoms with E-state index in [2.05, 4.69) is 19.0 Å². The monoisotopic (exact) mass is 197 g/mol. The number of hydrogen-bond acceptors (Lipinski definition) is 2. The van der Waals surface area contributed by atoms with Gasteiger partial charge in [-0.2, -0.15) is 0 Å². The van der Waals surface area contributed by atoms with Crippen LogP contribution in [0.25, 0.3) is 0 Å². The van der Waals surface area contributed by atoms with Gasteiger partial charge in [0.15, 0.2) is 0 Å². The quantitative estimate of drug-likeness (QED) is 0.567. The second-order valence-corrected chi connectivity index (χ2v) is 4.19. The Labute approximate surface area is 87.7 Å². The summed E-state index contributed by atoms with van der Waals surface area (Å²) >= 11 is 0. The molecule has 0 bridgehead atoms. The lowest BCUT2D eigenvalue weighted by molar-refractivity contribution is 0.0770. The van der Waals surface area contributed by atoms with Crippen molar-refractivity contribution >= 4 is 5.71 Å². The van der Waals surface area contributed by atoms with E-state index in [1.54, 1.807) is 0 Å². The van der Waals surface area contributed by atoms with E-state index < -0.39 is 0 Å². The van der Waals surface area contributed by atoms with E-state index in [4.69, 9.17) is 4.84 Å². The fourth-order valence-electron chi connectivity index (χ4n) is 1.88. The van der Waals surface area contributed by atoms with E-state index in [0.717, 1.165) is 12.8 Å². The maximum atomic E-state index is 5.39. The number of unbranched alkanes of at least 4 members (excludes halogenated alkanes) is 3. The minimum Gasteiger partial charge on any atom is -0.392 e. The van der Waals surface area contributed by atoms with Crippen molar-refractivity contribution in [1.82, 2.24) is 0 Å². The molecule has 0 saturated heterocycles. The molecule has 1 aliphatic heterocycles. The molecule has 0 aromatic carbocycles. The summed E-state index contributed by atoms with van der Waals surface area (Å²) in [7, 11) is 0. The third-order valence-electron chi connectivity index (χ3n) is 2.71. The molecule has 2 heteroatoms. The van der Waals surface area contributed by atoms with Crippen LogP contribution in [-0.4, -0.2) is 11.8 Å². The van der Waals surface area contributed by atoms with Crippen molar-refractivity contribution < 1.29 is 4.84 Å². The van der Waals surface area contributed by atoms with Gasteiger partial charge in [-0.05, 0) is 19.3 Å². The van der Waals surface area contributed by atoms with Gasteiger partial charge in [-0.1, -0.05) is 44.7 Å². The summed E-state index contributed by atoms with van der Waals surface area (Å²) in [6.07, 6.45) is 10.3. The zero-order valence-electron chi connectivity index (χ0n) is 9.59. The summed E-state index contributed by atoms with van der Waals surface area (Å²) in [5.74, 6) is 0. The van der Waals surface area contributed by atoms with Gasteiger partial charge in [-0.3, -0.25) is 0 Å². The van der Waals surface area contributed by atoms with Gasteiger partial charge in [0.25, 0.3) is 0 Å². The Morgan fingerprint density at radius 1 is 1.21 bits per heavy atom. The third kappa shape index (κ3) is 4.12. The molecule has 82 valence electrons. The lowest BCUT2D eigenvalue weighted by atomic mass is 10.0. The van der Waals surface area contributed by atoms with Crippen LogP contribution in [0.4, 0.5) is 0 Å². The summed E-state index contributed by atoms with van der Waals surface area (Å²) in [6.45, 7) is 4.44. The first-order valence-electron chi connectivity index (χ1n) is 6.08. The zero-order chi connectivity index (χ0) is 10.2. The lowest BCUT2D eigenvalue weighted by Gasteiger charge is -2.06. The van der Waals surface area contributed by atoms with Gasteiger partial charge >= 0.3 is 0 Å². The molecular weight excluding hydrogens is 174 g/mol. The Morgan fingerprint density at radius 2 is 2.07 bits per heavy atom. The molecule has 0 aromatic rings. The molecule has 0 saturated carbocycles. The summed E-state index contributed by atoms with van der Waals surface area (Å²) in [6, 6.07) is 0. The van der Waals surface area contributed by atoms with Crippen LogP contribution < -0.4 is 0 Å². The van der Waals surface area contributed by atoms with Crippen LogP contribution in [0.3, 0.4) is 0 Å². The number of nitrogens with zero attached hydrogens (tertiary/aromatic N) is 1. The van der Waals surface area contributed by atoms with Gasteiger partial charge in [0.1, 0.15) is 6.10 Å². The molecule has 1 atom stereocenters. The molecular formula is C12H23NO. The Kier molecular flexibility index (Phi) is 5.65. The van der Waals surface area contributed by atoms with Gasteiger partial charge < -0.3 is 4.84 Å². The summed E-state index contributed by atoms with van der Waals surface area (Å²) < 4.78 is 0. The molecule has 0 N–H and O–H groups in total. The molecule has 14 heavy (non-hydrogen) atoms. The van der Waals surface area contributed by atoms with Gasteiger partial charge in [0.2, 0.25) is 0 Å². The Bertz CT molecular complexity index is 177. The predicted octanol–water partition coefficient (Wildman–Crippen LogP) is 3.90. The molecule has 1 heterocycles. The van der Waals surface area contributed by atoms with E-state index >= 15 is 0 Å². The zero-order valence-corrected chi connectivity index (χ0v) is 9.59. The van der Waals surface area contributed by atoms with E-state index in [-0.39, 0.29) is 0 Å².